The largest absolute Gasteiger partial charge is 0.443 e. The first-order valence-corrected chi connectivity index (χ1v) is 14.1. The molecule has 2 amide bonds. The number of halogens is 2. The predicted molar refractivity (Wildman–Crippen MR) is 153 cm³/mol. The van der Waals surface area contributed by atoms with Crippen molar-refractivity contribution in [1.29, 1.82) is 0 Å². The number of aromatic nitrogens is 1. The summed E-state index contributed by atoms with van der Waals surface area (Å²) >= 11 is 0. The number of carbonyl (C=O) groups excluding carboxylic acids is 3. The molecule has 2 fully saturated rings. The number of alkyl halides is 2. The van der Waals surface area contributed by atoms with E-state index in [1.54, 1.807) is 59.8 Å². The number of carbonyl (C=O) groups is 3. The Bertz CT molecular complexity index is 1470. The quantitative estimate of drug-likeness (QED) is 0.376. The first-order chi connectivity index (χ1) is 19.4. The van der Waals surface area contributed by atoms with E-state index in [1.807, 2.05) is 0 Å². The lowest BCUT2D eigenvalue weighted by atomic mass is 9.96. The van der Waals surface area contributed by atoms with E-state index in [-0.39, 0.29) is 30.0 Å². The fraction of sp³-hybridized carbons (Fsp3) is 0.500. The van der Waals surface area contributed by atoms with Crippen molar-refractivity contribution in [2.24, 2.45) is 0 Å². The van der Waals surface area contributed by atoms with E-state index in [9.17, 15) is 28.0 Å². The van der Waals surface area contributed by atoms with E-state index in [0.29, 0.717) is 16.7 Å². The van der Waals surface area contributed by atoms with Gasteiger partial charge in [-0.05, 0) is 78.4 Å². The highest BCUT2D eigenvalue weighted by Gasteiger charge is 2.38. The second-order valence-electron chi connectivity index (χ2n) is 13.0. The van der Waals surface area contributed by atoms with Crippen LogP contribution in [0.2, 0.25) is 0 Å². The Balaban J connectivity index is 1.92. The maximum absolute atomic E-state index is 14.0. The number of amides is 2. The van der Waals surface area contributed by atoms with Crippen molar-refractivity contribution in [1.82, 2.24) is 9.47 Å². The van der Waals surface area contributed by atoms with Crippen LogP contribution >= 0.6 is 0 Å². The van der Waals surface area contributed by atoms with Crippen molar-refractivity contribution < 1.29 is 32.6 Å². The number of hydrogen-bond donors (Lipinski definition) is 0. The molecule has 1 atom stereocenters. The molecule has 1 aromatic carbocycles. The predicted octanol–water partition coefficient (Wildman–Crippen LogP) is 6.98. The summed E-state index contributed by atoms with van der Waals surface area (Å²) in [7, 11) is 0. The molecule has 0 unspecified atom stereocenters. The van der Waals surface area contributed by atoms with Crippen molar-refractivity contribution in [3.63, 3.8) is 0 Å². The van der Waals surface area contributed by atoms with Crippen molar-refractivity contribution in [3.8, 4) is 0 Å². The molecule has 1 aliphatic carbocycles. The molecule has 1 aromatic heterocycles. The monoisotopic (exact) mass is 584 g/mol. The molecule has 0 spiro atoms. The van der Waals surface area contributed by atoms with E-state index >= 15 is 0 Å². The zero-order valence-electron chi connectivity index (χ0n) is 25.1. The van der Waals surface area contributed by atoms with E-state index in [0.717, 1.165) is 29.2 Å². The lowest BCUT2D eigenvalue weighted by molar-refractivity contribution is -0.127. The molecule has 226 valence electrons. The molecule has 1 aliphatic heterocycles. The van der Waals surface area contributed by atoms with Gasteiger partial charge in [-0.2, -0.15) is 0 Å². The van der Waals surface area contributed by atoms with E-state index in [4.69, 9.17) is 9.47 Å². The van der Waals surface area contributed by atoms with Gasteiger partial charge in [0, 0.05) is 30.0 Å². The minimum atomic E-state index is -3.09. The molecular weight excluding hydrogens is 546 g/mol. The highest BCUT2D eigenvalue weighted by atomic mass is 19.3. The number of hydrogen-bond acceptors (Lipinski definition) is 6. The average Bonchev–Trinajstić information content (AvgIpc) is 3.61. The molecule has 0 N–H and O–H groups in total. The number of rotatable bonds is 5. The van der Waals surface area contributed by atoms with E-state index in [2.05, 4.69) is 0 Å². The van der Waals surface area contributed by atoms with Gasteiger partial charge in [0.25, 0.3) is 11.5 Å². The van der Waals surface area contributed by atoms with Crippen LogP contribution in [0.15, 0.2) is 47.3 Å². The van der Waals surface area contributed by atoms with Crippen LogP contribution in [0.3, 0.4) is 0 Å². The second kappa shape index (κ2) is 11.1. The molecule has 2 aromatic rings. The molecule has 1 saturated heterocycles. The molecule has 1 saturated carbocycles. The third-order valence-corrected chi connectivity index (χ3v) is 6.89. The van der Waals surface area contributed by atoms with Crippen LogP contribution in [0.4, 0.5) is 18.4 Å². The number of nitrogens with zero attached hydrogens (tertiary/aromatic N) is 2. The smallest absolute Gasteiger partial charge is 0.422 e. The van der Waals surface area contributed by atoms with Gasteiger partial charge in [0.15, 0.2) is 0 Å². The van der Waals surface area contributed by atoms with Crippen LogP contribution in [0.1, 0.15) is 102 Å². The van der Waals surface area contributed by atoms with Crippen molar-refractivity contribution in [3.05, 3.63) is 75.2 Å². The third kappa shape index (κ3) is 7.14. The topological polar surface area (TPSA) is 94.9 Å². The SMILES string of the molecule is CC(C)(C)OC(=O)N1C(=O)CC[C@@H]1/C=C(/c1ccc(C(C)(F)F)cc1)c1ccc(C2CC2)c(=O)n1C(=O)OC(C)(C)C. The summed E-state index contributed by atoms with van der Waals surface area (Å²) in [5, 5.41) is 0. The van der Waals surface area contributed by atoms with Crippen molar-refractivity contribution in [2.75, 3.05) is 0 Å². The van der Waals surface area contributed by atoms with Crippen molar-refractivity contribution in [2.45, 2.75) is 103 Å². The Kier molecular flexibility index (Phi) is 8.23. The van der Waals surface area contributed by atoms with Crippen LogP contribution < -0.4 is 5.56 Å². The fourth-order valence-electron chi connectivity index (χ4n) is 4.83. The maximum Gasteiger partial charge on any atom is 0.422 e. The summed E-state index contributed by atoms with van der Waals surface area (Å²) < 4.78 is 40.1. The first-order valence-electron chi connectivity index (χ1n) is 14.1. The Labute approximate surface area is 244 Å². The minimum Gasteiger partial charge on any atom is -0.443 e. The standard InChI is InChI=1S/C32H38F2N2O6/c1-30(2,3)41-28(39)35-22(14-17-26(35)37)18-24(20-10-12-21(13-11-20)32(7,33)34)25-16-15-23(19-8-9-19)27(38)36(25)29(40)42-31(4,5)6/h10-13,15-16,18-19,22H,8-9,14,17H2,1-7H3/b24-18-/t22-/m1/s1. The van der Waals surface area contributed by atoms with Gasteiger partial charge in [-0.1, -0.05) is 36.4 Å². The molecular formula is C32H38F2N2O6. The van der Waals surface area contributed by atoms with E-state index in [1.165, 1.54) is 24.3 Å². The number of imide groups is 1. The fourth-order valence-corrected chi connectivity index (χ4v) is 4.83. The van der Waals surface area contributed by atoms with Crippen LogP contribution in [-0.2, 0) is 20.2 Å². The molecule has 10 heteroatoms. The van der Waals surface area contributed by atoms with Gasteiger partial charge >= 0.3 is 12.2 Å². The van der Waals surface area contributed by atoms with Gasteiger partial charge < -0.3 is 9.47 Å². The molecule has 42 heavy (non-hydrogen) atoms. The summed E-state index contributed by atoms with van der Waals surface area (Å²) in [5.41, 5.74) is -1.17. The maximum atomic E-state index is 14.0. The van der Waals surface area contributed by atoms with Gasteiger partial charge in [0.2, 0.25) is 5.91 Å². The minimum absolute atomic E-state index is 0.0360. The summed E-state index contributed by atoms with van der Waals surface area (Å²) in [6.45, 7) is 10.9. The zero-order chi connectivity index (χ0) is 31.2. The number of likely N-dealkylation sites (tertiary alicyclic amines) is 1. The molecule has 0 radical (unpaired) electrons. The van der Waals surface area contributed by atoms with Crippen LogP contribution in [0.5, 0.6) is 0 Å². The Hall–Kier alpha value is -3.82. The normalized spacial score (nSPS) is 18.3. The highest BCUT2D eigenvalue weighted by molar-refractivity contribution is 5.95. The summed E-state index contributed by atoms with van der Waals surface area (Å²) in [4.78, 5) is 54.1. The second-order valence-corrected chi connectivity index (χ2v) is 13.0. The van der Waals surface area contributed by atoms with Crippen LogP contribution in [0.25, 0.3) is 5.57 Å². The number of benzene rings is 1. The summed E-state index contributed by atoms with van der Waals surface area (Å²) in [5.74, 6) is -3.48. The Morgan fingerprint density at radius 3 is 1.93 bits per heavy atom. The Morgan fingerprint density at radius 2 is 1.40 bits per heavy atom. The Morgan fingerprint density at radius 1 is 0.833 bits per heavy atom. The molecule has 4 rings (SSSR count). The highest BCUT2D eigenvalue weighted by Crippen LogP contribution is 2.39. The van der Waals surface area contributed by atoms with Gasteiger partial charge in [-0.3, -0.25) is 9.59 Å². The van der Waals surface area contributed by atoms with Crippen molar-refractivity contribution >= 4 is 23.7 Å². The lowest BCUT2D eigenvalue weighted by Gasteiger charge is -2.27. The van der Waals surface area contributed by atoms with Gasteiger partial charge in [0.1, 0.15) is 11.2 Å². The van der Waals surface area contributed by atoms with Crippen LogP contribution in [-0.4, -0.2) is 44.8 Å². The number of pyridine rings is 1. The van der Waals surface area contributed by atoms with Gasteiger partial charge in [0.05, 0.1) is 11.7 Å². The lowest BCUT2D eigenvalue weighted by Crippen LogP contribution is -2.41. The van der Waals surface area contributed by atoms with E-state index < -0.39 is 46.8 Å². The molecule has 2 heterocycles. The summed E-state index contributed by atoms with van der Waals surface area (Å²) in [6, 6.07) is 7.98. The third-order valence-electron chi connectivity index (χ3n) is 6.89. The van der Waals surface area contributed by atoms with Crippen LogP contribution in [0, 0.1) is 0 Å². The average molecular weight is 585 g/mol. The molecule has 2 aliphatic rings. The zero-order valence-corrected chi connectivity index (χ0v) is 25.1. The molecule has 8 nitrogen and oxygen atoms in total. The molecule has 0 bridgehead atoms. The number of ether oxygens (including phenoxy) is 2. The first kappa shape index (κ1) is 31.1. The van der Waals surface area contributed by atoms with Gasteiger partial charge in [-0.15, -0.1) is 0 Å². The van der Waals surface area contributed by atoms with Gasteiger partial charge in [-0.25, -0.2) is 27.8 Å². The summed E-state index contributed by atoms with van der Waals surface area (Å²) in [6.07, 6.45) is 1.90.